The van der Waals surface area contributed by atoms with Crippen molar-refractivity contribution < 1.29 is 14.3 Å². The fraction of sp³-hybridized carbons (Fsp3) is 0.500. The SMILES string of the molecule is O=C(NC[C@H]1COCCO1)Nc1ccc2nc(C3CC3)sc2c1. The van der Waals surface area contributed by atoms with Crippen molar-refractivity contribution in [3.8, 4) is 0 Å². The first-order valence-corrected chi connectivity index (χ1v) is 8.74. The maximum atomic E-state index is 12.0. The first kappa shape index (κ1) is 14.9. The molecule has 1 aliphatic heterocycles. The summed E-state index contributed by atoms with van der Waals surface area (Å²) in [4.78, 5) is 16.6. The van der Waals surface area contributed by atoms with Gasteiger partial charge in [0.1, 0.15) is 0 Å². The molecule has 1 aliphatic carbocycles. The van der Waals surface area contributed by atoms with Crippen molar-refractivity contribution in [2.75, 3.05) is 31.7 Å². The second-order valence-electron chi connectivity index (χ2n) is 5.91. The molecule has 2 fully saturated rings. The number of benzene rings is 1. The quantitative estimate of drug-likeness (QED) is 0.902. The molecule has 122 valence electrons. The molecule has 2 amide bonds. The zero-order valence-electron chi connectivity index (χ0n) is 12.7. The molecule has 0 spiro atoms. The topological polar surface area (TPSA) is 72.5 Å². The van der Waals surface area contributed by atoms with E-state index in [4.69, 9.17) is 9.47 Å². The molecule has 23 heavy (non-hydrogen) atoms. The van der Waals surface area contributed by atoms with Crippen molar-refractivity contribution in [3.05, 3.63) is 23.2 Å². The fourth-order valence-electron chi connectivity index (χ4n) is 2.56. The van der Waals surface area contributed by atoms with Crippen LogP contribution < -0.4 is 10.6 Å². The molecular weight excluding hydrogens is 314 g/mol. The molecule has 2 heterocycles. The van der Waals surface area contributed by atoms with Crippen molar-refractivity contribution in [1.29, 1.82) is 0 Å². The minimum atomic E-state index is -0.231. The number of nitrogens with zero attached hydrogens (tertiary/aromatic N) is 1. The van der Waals surface area contributed by atoms with Gasteiger partial charge in [-0.05, 0) is 31.0 Å². The molecule has 1 saturated heterocycles. The zero-order chi connectivity index (χ0) is 15.6. The fourth-order valence-corrected chi connectivity index (χ4v) is 3.74. The Bertz CT molecular complexity index is 708. The van der Waals surface area contributed by atoms with E-state index in [2.05, 4.69) is 15.6 Å². The number of hydrogen-bond acceptors (Lipinski definition) is 5. The van der Waals surface area contributed by atoms with E-state index < -0.39 is 0 Å². The maximum absolute atomic E-state index is 12.0. The Morgan fingerprint density at radius 1 is 1.35 bits per heavy atom. The predicted molar refractivity (Wildman–Crippen MR) is 89.2 cm³/mol. The molecule has 0 radical (unpaired) electrons. The normalized spacial score (nSPS) is 21.3. The van der Waals surface area contributed by atoms with Gasteiger partial charge in [-0.3, -0.25) is 0 Å². The number of anilines is 1. The Labute approximate surface area is 138 Å². The van der Waals surface area contributed by atoms with E-state index in [0.29, 0.717) is 32.3 Å². The Balaban J connectivity index is 1.35. The van der Waals surface area contributed by atoms with E-state index >= 15 is 0 Å². The number of carbonyl (C=O) groups excluding carboxylic acids is 1. The number of nitrogens with one attached hydrogen (secondary N) is 2. The molecule has 4 rings (SSSR count). The number of ether oxygens (including phenoxy) is 2. The number of thiazole rings is 1. The van der Waals surface area contributed by atoms with Gasteiger partial charge in [-0.15, -0.1) is 11.3 Å². The highest BCUT2D eigenvalue weighted by Crippen LogP contribution is 2.43. The van der Waals surface area contributed by atoms with E-state index in [0.717, 1.165) is 15.9 Å². The van der Waals surface area contributed by atoms with Gasteiger partial charge in [0, 0.05) is 18.2 Å². The number of carbonyl (C=O) groups is 1. The first-order chi connectivity index (χ1) is 11.3. The van der Waals surface area contributed by atoms with Crippen LogP contribution in [0.3, 0.4) is 0 Å². The number of fused-ring (bicyclic) bond motifs is 1. The molecule has 6 nitrogen and oxygen atoms in total. The van der Waals surface area contributed by atoms with E-state index in [1.807, 2.05) is 18.2 Å². The van der Waals surface area contributed by atoms with Gasteiger partial charge in [0.25, 0.3) is 0 Å². The Hall–Kier alpha value is -1.70. The van der Waals surface area contributed by atoms with Crippen molar-refractivity contribution in [3.63, 3.8) is 0 Å². The van der Waals surface area contributed by atoms with Gasteiger partial charge in [-0.2, -0.15) is 0 Å². The smallest absolute Gasteiger partial charge is 0.319 e. The highest BCUT2D eigenvalue weighted by atomic mass is 32.1. The van der Waals surface area contributed by atoms with Crippen LogP contribution >= 0.6 is 11.3 Å². The molecule has 1 aromatic heterocycles. The van der Waals surface area contributed by atoms with Crippen LogP contribution in [0.15, 0.2) is 18.2 Å². The summed E-state index contributed by atoms with van der Waals surface area (Å²) in [7, 11) is 0. The summed E-state index contributed by atoms with van der Waals surface area (Å²) < 4.78 is 11.9. The highest BCUT2D eigenvalue weighted by molar-refractivity contribution is 7.18. The molecule has 0 bridgehead atoms. The zero-order valence-corrected chi connectivity index (χ0v) is 13.5. The molecule has 1 aromatic carbocycles. The molecule has 2 aliphatic rings. The largest absolute Gasteiger partial charge is 0.376 e. The van der Waals surface area contributed by atoms with Crippen molar-refractivity contribution in [2.24, 2.45) is 0 Å². The molecule has 7 heteroatoms. The third-order valence-electron chi connectivity index (χ3n) is 3.96. The number of urea groups is 1. The van der Waals surface area contributed by atoms with Crippen LogP contribution in [0.25, 0.3) is 10.2 Å². The van der Waals surface area contributed by atoms with Crippen LogP contribution in [-0.2, 0) is 9.47 Å². The summed E-state index contributed by atoms with van der Waals surface area (Å²) in [6.07, 6.45) is 2.43. The third kappa shape index (κ3) is 3.63. The highest BCUT2D eigenvalue weighted by Gasteiger charge is 2.27. The third-order valence-corrected chi connectivity index (χ3v) is 5.15. The first-order valence-electron chi connectivity index (χ1n) is 7.92. The molecule has 0 unspecified atom stereocenters. The molecular formula is C16H19N3O3S. The monoisotopic (exact) mass is 333 g/mol. The van der Waals surface area contributed by atoms with Crippen LogP contribution in [0, 0.1) is 0 Å². The van der Waals surface area contributed by atoms with Crippen molar-refractivity contribution in [2.45, 2.75) is 24.9 Å². The lowest BCUT2D eigenvalue weighted by molar-refractivity contribution is -0.0852. The van der Waals surface area contributed by atoms with Gasteiger partial charge >= 0.3 is 6.03 Å². The number of aromatic nitrogens is 1. The second kappa shape index (κ2) is 6.43. The number of rotatable bonds is 4. The van der Waals surface area contributed by atoms with Crippen LogP contribution in [0.1, 0.15) is 23.8 Å². The Morgan fingerprint density at radius 3 is 3.04 bits per heavy atom. The van der Waals surface area contributed by atoms with E-state index in [9.17, 15) is 4.79 Å². The molecule has 1 atom stereocenters. The second-order valence-corrected chi connectivity index (χ2v) is 6.97. The minimum Gasteiger partial charge on any atom is -0.376 e. The summed E-state index contributed by atoms with van der Waals surface area (Å²) >= 11 is 1.73. The molecule has 2 aromatic rings. The minimum absolute atomic E-state index is 0.0698. The average molecular weight is 333 g/mol. The summed E-state index contributed by atoms with van der Waals surface area (Å²) in [5, 5.41) is 6.89. The molecule has 2 N–H and O–H groups in total. The van der Waals surface area contributed by atoms with Crippen LogP contribution in [0.4, 0.5) is 10.5 Å². The summed E-state index contributed by atoms with van der Waals surface area (Å²) in [5.41, 5.74) is 1.79. The van der Waals surface area contributed by atoms with E-state index in [-0.39, 0.29) is 12.1 Å². The lowest BCUT2D eigenvalue weighted by Gasteiger charge is -2.23. The maximum Gasteiger partial charge on any atom is 0.319 e. The lowest BCUT2D eigenvalue weighted by Crippen LogP contribution is -2.41. The summed E-state index contributed by atoms with van der Waals surface area (Å²) in [6.45, 7) is 2.18. The van der Waals surface area contributed by atoms with E-state index in [1.54, 1.807) is 11.3 Å². The van der Waals surface area contributed by atoms with Crippen molar-refractivity contribution in [1.82, 2.24) is 10.3 Å². The average Bonchev–Trinajstić information content (AvgIpc) is 3.34. The Kier molecular flexibility index (Phi) is 4.15. The van der Waals surface area contributed by atoms with Gasteiger partial charge in [0.05, 0.1) is 41.1 Å². The standard InChI is InChI=1S/C16H19N3O3S/c20-16(17-8-12-9-21-5-6-22-12)18-11-3-4-13-14(7-11)23-15(19-13)10-1-2-10/h3-4,7,10,12H,1-2,5-6,8-9H2,(H2,17,18,20)/t12-/m0/s1. The van der Waals surface area contributed by atoms with Crippen LogP contribution in [0.2, 0.25) is 0 Å². The van der Waals surface area contributed by atoms with Gasteiger partial charge in [0.15, 0.2) is 0 Å². The van der Waals surface area contributed by atoms with Gasteiger partial charge in [-0.1, -0.05) is 0 Å². The van der Waals surface area contributed by atoms with Gasteiger partial charge in [0.2, 0.25) is 0 Å². The molecule has 1 saturated carbocycles. The summed E-state index contributed by atoms with van der Waals surface area (Å²) in [5.74, 6) is 0.657. The lowest BCUT2D eigenvalue weighted by atomic mass is 10.3. The van der Waals surface area contributed by atoms with Crippen molar-refractivity contribution >= 4 is 33.3 Å². The summed E-state index contributed by atoms with van der Waals surface area (Å²) in [6, 6.07) is 5.60. The van der Waals surface area contributed by atoms with Gasteiger partial charge in [-0.25, -0.2) is 9.78 Å². The van der Waals surface area contributed by atoms with Crippen LogP contribution in [-0.4, -0.2) is 43.5 Å². The van der Waals surface area contributed by atoms with E-state index in [1.165, 1.54) is 17.8 Å². The Morgan fingerprint density at radius 2 is 2.26 bits per heavy atom. The number of amides is 2. The predicted octanol–water partition coefficient (Wildman–Crippen LogP) is 2.71. The number of hydrogen-bond donors (Lipinski definition) is 2. The van der Waals surface area contributed by atoms with Gasteiger partial charge < -0.3 is 20.1 Å². The van der Waals surface area contributed by atoms with Crippen LogP contribution in [0.5, 0.6) is 0 Å².